The zero-order chi connectivity index (χ0) is 19.8. The van der Waals surface area contributed by atoms with Crippen molar-refractivity contribution in [2.45, 2.75) is 12.3 Å². The predicted octanol–water partition coefficient (Wildman–Crippen LogP) is 3.17. The molecule has 4 rings (SSSR count). The highest BCUT2D eigenvalue weighted by Crippen LogP contribution is 2.43. The lowest BCUT2D eigenvalue weighted by molar-refractivity contribution is -0.136. The van der Waals surface area contributed by atoms with Crippen molar-refractivity contribution < 1.29 is 28.2 Å². The van der Waals surface area contributed by atoms with Gasteiger partial charge in [-0.1, -0.05) is 12.1 Å². The number of carbonyl (C=O) groups is 2. The topological polar surface area (TPSA) is 65.1 Å². The molecule has 0 aromatic heterocycles. The molecule has 0 aliphatic carbocycles. The molecule has 2 aromatic rings. The van der Waals surface area contributed by atoms with Gasteiger partial charge in [-0.15, -0.1) is 0 Å². The van der Waals surface area contributed by atoms with E-state index in [4.69, 9.17) is 14.2 Å². The largest absolute Gasteiger partial charge is 0.493 e. The van der Waals surface area contributed by atoms with E-state index in [1.54, 1.807) is 24.3 Å². The van der Waals surface area contributed by atoms with Crippen LogP contribution in [0.15, 0.2) is 53.7 Å². The van der Waals surface area contributed by atoms with Crippen LogP contribution in [-0.2, 0) is 14.3 Å². The van der Waals surface area contributed by atoms with Gasteiger partial charge in [0.25, 0.3) is 0 Å². The third kappa shape index (κ3) is 2.89. The first-order valence-corrected chi connectivity index (χ1v) is 8.74. The van der Waals surface area contributed by atoms with E-state index in [0.29, 0.717) is 28.5 Å². The Bertz CT molecular complexity index is 1000. The molecule has 0 bridgehead atoms. The van der Waals surface area contributed by atoms with Gasteiger partial charge in [-0.3, -0.25) is 9.69 Å². The first kappa shape index (κ1) is 18.0. The number of hydrogen-bond acceptors (Lipinski definition) is 5. The van der Waals surface area contributed by atoms with Crippen molar-refractivity contribution in [1.29, 1.82) is 0 Å². The monoisotopic (exact) mass is 383 g/mol. The number of hydrogen-bond donors (Lipinski definition) is 0. The van der Waals surface area contributed by atoms with Gasteiger partial charge in [-0.05, 0) is 35.9 Å². The minimum Gasteiger partial charge on any atom is -0.493 e. The summed E-state index contributed by atoms with van der Waals surface area (Å²) in [5.74, 6) is -0.570. The minimum atomic E-state index is -0.470. The second-order valence-corrected chi connectivity index (χ2v) is 6.52. The maximum absolute atomic E-state index is 13.7. The minimum absolute atomic E-state index is 0.0276. The van der Waals surface area contributed by atoms with Crippen molar-refractivity contribution in [3.63, 3.8) is 0 Å². The lowest BCUT2D eigenvalue weighted by Crippen LogP contribution is -2.37. The highest BCUT2D eigenvalue weighted by molar-refractivity contribution is 6.06. The second kappa shape index (κ2) is 6.99. The first-order valence-electron chi connectivity index (χ1n) is 8.74. The van der Waals surface area contributed by atoms with E-state index in [9.17, 15) is 14.0 Å². The summed E-state index contributed by atoms with van der Waals surface area (Å²) in [5.41, 5.74) is 1.99. The van der Waals surface area contributed by atoms with Crippen LogP contribution in [0.4, 0.5) is 10.1 Å². The molecule has 144 valence electrons. The number of ether oxygens (including phenoxy) is 3. The Labute approximate surface area is 161 Å². The fourth-order valence-corrected chi connectivity index (χ4v) is 3.72. The van der Waals surface area contributed by atoms with E-state index in [1.165, 1.54) is 37.3 Å². The molecule has 0 fully saturated rings. The smallest absolute Gasteiger partial charge is 0.336 e. The van der Waals surface area contributed by atoms with Crippen molar-refractivity contribution >= 4 is 17.6 Å². The molecular formula is C21H18FNO5. The number of anilines is 1. The third-order valence-electron chi connectivity index (χ3n) is 4.99. The van der Waals surface area contributed by atoms with Gasteiger partial charge in [-0.2, -0.15) is 0 Å². The Morgan fingerprint density at radius 1 is 1.07 bits per heavy atom. The van der Waals surface area contributed by atoms with E-state index < -0.39 is 17.7 Å². The normalized spacial score (nSPS) is 18.8. The molecule has 1 amide bonds. The van der Waals surface area contributed by atoms with Gasteiger partial charge in [0.05, 0.1) is 31.2 Å². The summed E-state index contributed by atoms with van der Waals surface area (Å²) in [5, 5.41) is 0. The maximum atomic E-state index is 13.7. The number of nitrogens with zero attached hydrogens (tertiary/aromatic N) is 1. The van der Waals surface area contributed by atoms with Gasteiger partial charge in [0.1, 0.15) is 12.4 Å². The highest BCUT2D eigenvalue weighted by Gasteiger charge is 2.43. The number of carbonyl (C=O) groups excluding carboxylic acids is 2. The Morgan fingerprint density at radius 3 is 2.57 bits per heavy atom. The van der Waals surface area contributed by atoms with Crippen LogP contribution in [0.25, 0.3) is 0 Å². The number of cyclic esters (lactones) is 1. The lowest BCUT2D eigenvalue weighted by Gasteiger charge is -2.32. The Kier molecular flexibility index (Phi) is 4.50. The van der Waals surface area contributed by atoms with Crippen LogP contribution in [0.1, 0.15) is 17.9 Å². The number of halogens is 1. The number of esters is 1. The fourth-order valence-electron chi connectivity index (χ4n) is 3.72. The molecule has 0 radical (unpaired) electrons. The molecule has 6 nitrogen and oxygen atoms in total. The molecule has 28 heavy (non-hydrogen) atoms. The quantitative estimate of drug-likeness (QED) is 0.759. The molecule has 0 saturated heterocycles. The SMILES string of the molecule is COc1ccc([C@H]2CC(=O)N(c3cccc(F)c3)C3=C2C(=O)OC3)cc1OC. The van der Waals surface area contributed by atoms with Crippen molar-refractivity contribution in [2.24, 2.45) is 0 Å². The molecule has 0 N–H and O–H groups in total. The van der Waals surface area contributed by atoms with Crippen LogP contribution in [0.2, 0.25) is 0 Å². The summed E-state index contributed by atoms with van der Waals surface area (Å²) >= 11 is 0. The maximum Gasteiger partial charge on any atom is 0.336 e. The number of rotatable bonds is 4. The average molecular weight is 383 g/mol. The van der Waals surface area contributed by atoms with E-state index in [2.05, 4.69) is 0 Å². The zero-order valence-electron chi connectivity index (χ0n) is 15.4. The van der Waals surface area contributed by atoms with E-state index in [1.807, 2.05) is 0 Å². The highest BCUT2D eigenvalue weighted by atomic mass is 19.1. The summed E-state index contributed by atoms with van der Waals surface area (Å²) in [4.78, 5) is 26.8. The van der Waals surface area contributed by atoms with Crippen LogP contribution >= 0.6 is 0 Å². The van der Waals surface area contributed by atoms with Gasteiger partial charge >= 0.3 is 5.97 Å². The molecular weight excluding hydrogens is 365 g/mol. The Morgan fingerprint density at radius 2 is 1.86 bits per heavy atom. The average Bonchev–Trinajstić information content (AvgIpc) is 3.08. The predicted molar refractivity (Wildman–Crippen MR) is 98.8 cm³/mol. The second-order valence-electron chi connectivity index (χ2n) is 6.52. The van der Waals surface area contributed by atoms with Crippen LogP contribution in [0, 0.1) is 5.82 Å². The van der Waals surface area contributed by atoms with Crippen molar-refractivity contribution in [3.8, 4) is 11.5 Å². The third-order valence-corrected chi connectivity index (χ3v) is 4.99. The van der Waals surface area contributed by atoms with Gasteiger partial charge in [0, 0.05) is 12.3 Å². The summed E-state index contributed by atoms with van der Waals surface area (Å²) in [6.07, 6.45) is 0.0555. The number of benzene rings is 2. The van der Waals surface area contributed by atoms with Gasteiger partial charge in [0.2, 0.25) is 5.91 Å². The molecule has 2 aliphatic rings. The fraction of sp³-hybridized carbons (Fsp3) is 0.238. The molecule has 2 aliphatic heterocycles. The zero-order valence-corrected chi connectivity index (χ0v) is 15.4. The summed E-state index contributed by atoms with van der Waals surface area (Å²) < 4.78 is 29.5. The van der Waals surface area contributed by atoms with Gasteiger partial charge < -0.3 is 14.2 Å². The van der Waals surface area contributed by atoms with Crippen LogP contribution in [-0.4, -0.2) is 32.7 Å². The number of amides is 1. The molecule has 1 atom stereocenters. The van der Waals surface area contributed by atoms with Crippen LogP contribution in [0.3, 0.4) is 0 Å². The van der Waals surface area contributed by atoms with Crippen LogP contribution < -0.4 is 14.4 Å². The van der Waals surface area contributed by atoms with E-state index in [0.717, 1.165) is 5.56 Å². The standard InChI is InChI=1S/C21H18FNO5/c1-26-17-7-6-12(8-18(17)27-2)15-10-19(24)23(14-5-3-4-13(22)9-14)16-11-28-21(25)20(15)16/h3-9,15H,10-11H2,1-2H3/t15-/m1/s1. The van der Waals surface area contributed by atoms with Gasteiger partial charge in [0.15, 0.2) is 11.5 Å². The van der Waals surface area contributed by atoms with Gasteiger partial charge in [-0.25, -0.2) is 9.18 Å². The molecule has 2 aromatic carbocycles. The lowest BCUT2D eigenvalue weighted by atomic mass is 9.84. The van der Waals surface area contributed by atoms with Crippen molar-refractivity contribution in [2.75, 3.05) is 25.7 Å². The molecule has 0 spiro atoms. The molecule has 2 heterocycles. The summed E-state index contributed by atoms with van der Waals surface area (Å²) in [7, 11) is 3.06. The number of methoxy groups -OCH3 is 2. The summed E-state index contributed by atoms with van der Waals surface area (Å²) in [6.45, 7) is -0.0276. The van der Waals surface area contributed by atoms with Crippen LogP contribution in [0.5, 0.6) is 11.5 Å². The molecule has 0 saturated carbocycles. The Hall–Kier alpha value is -3.35. The first-order chi connectivity index (χ1) is 13.5. The molecule has 0 unspecified atom stereocenters. The Balaban J connectivity index is 1.81. The van der Waals surface area contributed by atoms with E-state index >= 15 is 0 Å². The van der Waals surface area contributed by atoms with E-state index in [-0.39, 0.29) is 18.9 Å². The van der Waals surface area contributed by atoms with Crippen molar-refractivity contribution in [3.05, 3.63) is 65.1 Å². The summed E-state index contributed by atoms with van der Waals surface area (Å²) in [6, 6.07) is 11.0. The molecule has 7 heteroatoms. The van der Waals surface area contributed by atoms with Crippen molar-refractivity contribution in [1.82, 2.24) is 0 Å².